The Morgan fingerprint density at radius 2 is 1.95 bits per heavy atom. The minimum absolute atomic E-state index is 0.0687. The van der Waals surface area contributed by atoms with E-state index in [0.717, 1.165) is 19.5 Å². The zero-order valence-electron chi connectivity index (χ0n) is 11.7. The fourth-order valence-corrected chi connectivity index (χ4v) is 5.30. The van der Waals surface area contributed by atoms with E-state index < -0.39 is 10.0 Å². The summed E-state index contributed by atoms with van der Waals surface area (Å²) in [4.78, 5) is 0.345. The van der Waals surface area contributed by atoms with Crippen LogP contribution in [0.5, 0.6) is 5.75 Å². The summed E-state index contributed by atoms with van der Waals surface area (Å²) in [6.45, 7) is 3.67. The maximum atomic E-state index is 12.8. The molecule has 2 heterocycles. The Hall–Kier alpha value is -1.11. The lowest BCUT2D eigenvalue weighted by atomic mass is 10.0. The van der Waals surface area contributed by atoms with Crippen LogP contribution < -0.4 is 10.1 Å². The van der Waals surface area contributed by atoms with E-state index in [1.54, 1.807) is 35.7 Å². The molecule has 1 aromatic rings. The summed E-state index contributed by atoms with van der Waals surface area (Å²) in [6.07, 6.45) is 0.938. The molecule has 0 radical (unpaired) electrons. The van der Waals surface area contributed by atoms with Crippen molar-refractivity contribution in [2.24, 2.45) is 5.92 Å². The van der Waals surface area contributed by atoms with E-state index in [9.17, 15) is 8.42 Å². The molecule has 2 saturated heterocycles. The largest absolute Gasteiger partial charge is 0.497 e. The van der Waals surface area contributed by atoms with Gasteiger partial charge in [0, 0.05) is 18.6 Å². The van der Waals surface area contributed by atoms with Gasteiger partial charge in [0.1, 0.15) is 5.75 Å². The Kier molecular flexibility index (Phi) is 3.48. The monoisotopic (exact) mass is 296 g/mol. The first-order valence-corrected chi connectivity index (χ1v) is 8.36. The van der Waals surface area contributed by atoms with Crippen LogP contribution in [0.25, 0.3) is 0 Å². The average molecular weight is 296 g/mol. The van der Waals surface area contributed by atoms with Crippen LogP contribution in [0.3, 0.4) is 0 Å². The van der Waals surface area contributed by atoms with E-state index in [1.807, 2.05) is 6.92 Å². The van der Waals surface area contributed by atoms with Crippen LogP contribution in [0.4, 0.5) is 0 Å². The summed E-state index contributed by atoms with van der Waals surface area (Å²) in [5.74, 6) is 1.11. The third kappa shape index (κ3) is 2.12. The number of sulfonamides is 1. The number of ether oxygens (including phenoxy) is 1. The lowest BCUT2D eigenvalue weighted by molar-refractivity contribution is 0.335. The van der Waals surface area contributed by atoms with Gasteiger partial charge in [-0.2, -0.15) is 4.31 Å². The van der Waals surface area contributed by atoms with Gasteiger partial charge in [0.15, 0.2) is 0 Å². The molecule has 0 bridgehead atoms. The molecule has 3 atom stereocenters. The second-order valence-electron chi connectivity index (χ2n) is 5.58. The molecular weight excluding hydrogens is 276 g/mol. The number of methoxy groups -OCH3 is 1. The van der Waals surface area contributed by atoms with Gasteiger partial charge in [-0.15, -0.1) is 0 Å². The maximum Gasteiger partial charge on any atom is 0.243 e. The lowest BCUT2D eigenvalue weighted by Gasteiger charge is -2.26. The standard InChI is InChI=1S/C14H20N2O3S/c1-10-7-11-8-15-9-14(11)16(10)20(17,18)13-5-3-12(19-2)4-6-13/h3-6,10-11,14-15H,7-9H2,1-2H3. The van der Waals surface area contributed by atoms with Gasteiger partial charge in [-0.05, 0) is 50.1 Å². The molecule has 0 aromatic heterocycles. The van der Waals surface area contributed by atoms with Gasteiger partial charge in [0.05, 0.1) is 12.0 Å². The van der Waals surface area contributed by atoms with Crippen molar-refractivity contribution in [1.82, 2.24) is 9.62 Å². The Balaban J connectivity index is 1.94. The Morgan fingerprint density at radius 3 is 2.60 bits per heavy atom. The number of hydrogen-bond donors (Lipinski definition) is 1. The van der Waals surface area contributed by atoms with Gasteiger partial charge in [0.2, 0.25) is 10.0 Å². The summed E-state index contributed by atoms with van der Waals surface area (Å²) in [5.41, 5.74) is 0. The van der Waals surface area contributed by atoms with Gasteiger partial charge in [-0.3, -0.25) is 0 Å². The van der Waals surface area contributed by atoms with Crippen LogP contribution >= 0.6 is 0 Å². The van der Waals surface area contributed by atoms with Crippen molar-refractivity contribution >= 4 is 10.0 Å². The van der Waals surface area contributed by atoms with Gasteiger partial charge in [-0.25, -0.2) is 8.42 Å². The molecule has 0 spiro atoms. The predicted octanol–water partition coefficient (Wildman–Crippen LogP) is 1.07. The highest BCUT2D eigenvalue weighted by Gasteiger charge is 2.47. The van der Waals surface area contributed by atoms with Crippen LogP contribution in [0, 0.1) is 5.92 Å². The summed E-state index contributed by atoms with van der Waals surface area (Å²) < 4.78 is 32.5. The summed E-state index contributed by atoms with van der Waals surface area (Å²) in [6, 6.07) is 6.79. The number of nitrogens with zero attached hydrogens (tertiary/aromatic N) is 1. The van der Waals surface area contributed by atoms with Crippen LogP contribution in [-0.2, 0) is 10.0 Å². The Morgan fingerprint density at radius 1 is 1.25 bits per heavy atom. The minimum atomic E-state index is -3.43. The number of benzene rings is 1. The van der Waals surface area contributed by atoms with E-state index in [0.29, 0.717) is 16.6 Å². The molecule has 0 saturated carbocycles. The molecule has 2 aliphatic rings. The molecule has 3 unspecified atom stereocenters. The third-order valence-electron chi connectivity index (χ3n) is 4.34. The summed E-state index contributed by atoms with van der Waals surface area (Å²) in [5, 5.41) is 3.29. The molecule has 0 aliphatic carbocycles. The van der Waals surface area contributed by atoms with E-state index in [1.165, 1.54) is 0 Å². The lowest BCUT2D eigenvalue weighted by Crippen LogP contribution is -2.42. The number of fused-ring (bicyclic) bond motifs is 1. The molecular formula is C14H20N2O3S. The highest BCUT2D eigenvalue weighted by Crippen LogP contribution is 2.36. The number of nitrogens with one attached hydrogen (secondary N) is 1. The first kappa shape index (κ1) is 13.9. The first-order chi connectivity index (χ1) is 9.54. The molecule has 6 heteroatoms. The van der Waals surface area contributed by atoms with Crippen molar-refractivity contribution in [3.8, 4) is 5.75 Å². The van der Waals surface area contributed by atoms with Crippen molar-refractivity contribution in [2.45, 2.75) is 30.3 Å². The van der Waals surface area contributed by atoms with Crippen molar-refractivity contribution in [2.75, 3.05) is 20.2 Å². The average Bonchev–Trinajstić information content (AvgIpc) is 2.98. The van der Waals surface area contributed by atoms with Gasteiger partial charge in [-0.1, -0.05) is 0 Å². The van der Waals surface area contributed by atoms with E-state index >= 15 is 0 Å². The van der Waals surface area contributed by atoms with E-state index in [2.05, 4.69) is 5.32 Å². The van der Waals surface area contributed by atoms with Crippen molar-refractivity contribution in [3.63, 3.8) is 0 Å². The molecule has 20 heavy (non-hydrogen) atoms. The van der Waals surface area contributed by atoms with Gasteiger partial charge < -0.3 is 10.1 Å². The number of rotatable bonds is 3. The topological polar surface area (TPSA) is 58.6 Å². The zero-order valence-corrected chi connectivity index (χ0v) is 12.6. The molecule has 1 N–H and O–H groups in total. The Labute approximate surface area is 120 Å². The van der Waals surface area contributed by atoms with Crippen LogP contribution in [0.1, 0.15) is 13.3 Å². The van der Waals surface area contributed by atoms with E-state index in [-0.39, 0.29) is 12.1 Å². The fraction of sp³-hybridized carbons (Fsp3) is 0.571. The molecule has 110 valence electrons. The normalized spacial score (nSPS) is 30.4. The quantitative estimate of drug-likeness (QED) is 0.906. The minimum Gasteiger partial charge on any atom is -0.497 e. The second-order valence-corrected chi connectivity index (χ2v) is 7.42. The molecule has 0 amide bonds. The smallest absolute Gasteiger partial charge is 0.243 e. The SMILES string of the molecule is COc1ccc(S(=O)(=O)N2C(C)CC3CNCC32)cc1. The molecule has 5 nitrogen and oxygen atoms in total. The van der Waals surface area contributed by atoms with Gasteiger partial charge >= 0.3 is 0 Å². The first-order valence-electron chi connectivity index (χ1n) is 6.92. The fourth-order valence-electron chi connectivity index (χ4n) is 3.41. The molecule has 3 rings (SSSR count). The van der Waals surface area contributed by atoms with Crippen LogP contribution in [0.2, 0.25) is 0 Å². The van der Waals surface area contributed by atoms with E-state index in [4.69, 9.17) is 4.74 Å². The summed E-state index contributed by atoms with van der Waals surface area (Å²) >= 11 is 0. The Bertz CT molecular complexity index is 585. The molecule has 2 aliphatic heterocycles. The summed E-state index contributed by atoms with van der Waals surface area (Å²) in [7, 11) is -1.86. The highest BCUT2D eigenvalue weighted by molar-refractivity contribution is 7.89. The molecule has 2 fully saturated rings. The van der Waals surface area contributed by atoms with Crippen molar-refractivity contribution < 1.29 is 13.2 Å². The molecule has 1 aromatic carbocycles. The maximum absolute atomic E-state index is 12.8. The van der Waals surface area contributed by atoms with Gasteiger partial charge in [0.25, 0.3) is 0 Å². The predicted molar refractivity (Wildman–Crippen MR) is 76.2 cm³/mol. The highest BCUT2D eigenvalue weighted by atomic mass is 32.2. The van der Waals surface area contributed by atoms with Crippen LogP contribution in [-0.4, -0.2) is 45.0 Å². The second kappa shape index (κ2) is 5.02. The van der Waals surface area contributed by atoms with Crippen molar-refractivity contribution in [3.05, 3.63) is 24.3 Å². The zero-order chi connectivity index (χ0) is 14.3. The van der Waals surface area contributed by atoms with Crippen molar-refractivity contribution in [1.29, 1.82) is 0 Å². The van der Waals surface area contributed by atoms with Crippen LogP contribution in [0.15, 0.2) is 29.2 Å². The number of hydrogen-bond acceptors (Lipinski definition) is 4. The third-order valence-corrected chi connectivity index (χ3v) is 6.40.